The Morgan fingerprint density at radius 1 is 1.06 bits per heavy atom. The summed E-state index contributed by atoms with van der Waals surface area (Å²) in [7, 11) is 0. The van der Waals surface area contributed by atoms with E-state index < -0.39 is 0 Å². The quantitative estimate of drug-likeness (QED) is 0.571. The fourth-order valence-electron chi connectivity index (χ4n) is 4.39. The zero-order valence-corrected chi connectivity index (χ0v) is 18.6. The van der Waals surface area contributed by atoms with Crippen LogP contribution < -0.4 is 11.1 Å². The zero-order chi connectivity index (χ0) is 22.5. The lowest BCUT2D eigenvalue weighted by Gasteiger charge is -2.36. The molecule has 1 fully saturated rings. The second-order valence-electron chi connectivity index (χ2n) is 8.14. The van der Waals surface area contributed by atoms with Crippen LogP contribution in [0.25, 0.3) is 10.9 Å². The van der Waals surface area contributed by atoms with Gasteiger partial charge in [0.25, 0.3) is 5.91 Å². The first-order valence-corrected chi connectivity index (χ1v) is 11.4. The Morgan fingerprint density at radius 2 is 1.81 bits per heavy atom. The van der Waals surface area contributed by atoms with Crippen molar-refractivity contribution in [1.82, 2.24) is 9.88 Å². The molecule has 3 N–H and O–H groups in total. The highest BCUT2D eigenvalue weighted by Gasteiger charge is 2.33. The Morgan fingerprint density at radius 3 is 2.53 bits per heavy atom. The number of nitrogens with zero attached hydrogens (tertiary/aromatic N) is 2. The van der Waals surface area contributed by atoms with Crippen LogP contribution in [-0.4, -0.2) is 40.3 Å². The van der Waals surface area contributed by atoms with Crippen molar-refractivity contribution in [2.45, 2.75) is 44.2 Å². The molecule has 0 radical (unpaired) electrons. The summed E-state index contributed by atoms with van der Waals surface area (Å²) in [6, 6.07) is 16.8. The zero-order valence-electron chi connectivity index (χ0n) is 17.8. The number of halogens is 1. The van der Waals surface area contributed by atoms with E-state index in [0.717, 1.165) is 42.3 Å². The van der Waals surface area contributed by atoms with Gasteiger partial charge in [0.15, 0.2) is 0 Å². The molecule has 32 heavy (non-hydrogen) atoms. The fourth-order valence-corrected chi connectivity index (χ4v) is 4.56. The Labute approximate surface area is 192 Å². The molecule has 7 heteroatoms. The topological polar surface area (TPSA) is 88.3 Å². The molecule has 2 aromatic carbocycles. The van der Waals surface area contributed by atoms with E-state index in [2.05, 4.69) is 10.3 Å². The van der Waals surface area contributed by atoms with Gasteiger partial charge in [-0.05, 0) is 62.1 Å². The summed E-state index contributed by atoms with van der Waals surface area (Å²) in [5.74, 6) is -0.438. The molecule has 0 atom stereocenters. The van der Waals surface area contributed by atoms with Gasteiger partial charge in [-0.3, -0.25) is 19.5 Å². The summed E-state index contributed by atoms with van der Waals surface area (Å²) >= 11 is 6.10. The van der Waals surface area contributed by atoms with Gasteiger partial charge >= 0.3 is 0 Å². The third-order valence-electron chi connectivity index (χ3n) is 5.99. The smallest absolute Gasteiger partial charge is 0.260 e. The van der Waals surface area contributed by atoms with Crippen molar-refractivity contribution >= 4 is 40.0 Å². The van der Waals surface area contributed by atoms with Crippen LogP contribution in [0.2, 0.25) is 5.02 Å². The van der Waals surface area contributed by atoms with Crippen molar-refractivity contribution in [3.8, 4) is 0 Å². The van der Waals surface area contributed by atoms with Crippen LogP contribution in [0.5, 0.6) is 0 Å². The number of imide groups is 1. The largest absolute Gasteiger partial charge is 0.382 e. The number of hydrogen-bond donors (Lipinski definition) is 2. The average molecular weight is 451 g/mol. The molecule has 0 saturated heterocycles. The molecule has 2 amide bonds. The van der Waals surface area contributed by atoms with Crippen LogP contribution in [-0.2, 0) is 4.79 Å². The number of nitrogens with two attached hydrogens (primary N) is 1. The number of rotatable bonds is 6. The van der Waals surface area contributed by atoms with Crippen molar-refractivity contribution in [2.75, 3.05) is 11.9 Å². The van der Waals surface area contributed by atoms with E-state index in [0.29, 0.717) is 10.6 Å². The summed E-state index contributed by atoms with van der Waals surface area (Å²) in [5.41, 5.74) is 8.01. The van der Waals surface area contributed by atoms with Gasteiger partial charge in [-0.25, -0.2) is 0 Å². The first-order chi connectivity index (χ1) is 15.6. The molecule has 1 aromatic heterocycles. The number of carbonyl (C=O) groups excluding carboxylic acids is 2. The molecule has 0 aliphatic heterocycles. The Balaban J connectivity index is 1.46. The van der Waals surface area contributed by atoms with Crippen LogP contribution in [0.3, 0.4) is 0 Å². The van der Waals surface area contributed by atoms with Crippen molar-refractivity contribution in [3.63, 3.8) is 0 Å². The van der Waals surface area contributed by atoms with E-state index in [9.17, 15) is 9.59 Å². The molecular weight excluding hydrogens is 424 g/mol. The number of benzene rings is 2. The lowest BCUT2D eigenvalue weighted by atomic mass is 9.89. The van der Waals surface area contributed by atoms with Gasteiger partial charge < -0.3 is 11.1 Å². The van der Waals surface area contributed by atoms with Crippen LogP contribution in [0.4, 0.5) is 5.69 Å². The first kappa shape index (κ1) is 22.2. The Kier molecular flexibility index (Phi) is 7.02. The standard InChI is InChI=1S/C25H27ClN4O2/c26-18-6-11-21-22(13-15-28-23(21)16-18)29-19-7-9-20(10-8-19)30(24(31)12-14-27)25(32)17-4-2-1-3-5-17/h1-6,11,13,15-16,19-20H,7-10,12,14,27H2,(H,28,29). The summed E-state index contributed by atoms with van der Waals surface area (Å²) in [6.07, 6.45) is 5.16. The lowest BCUT2D eigenvalue weighted by molar-refractivity contribution is -0.130. The average Bonchev–Trinajstić information content (AvgIpc) is 2.81. The minimum atomic E-state index is -0.238. The Hall–Kier alpha value is -2.96. The highest BCUT2D eigenvalue weighted by molar-refractivity contribution is 6.31. The first-order valence-electron chi connectivity index (χ1n) is 11.0. The van der Waals surface area contributed by atoms with Gasteiger partial charge in [-0.2, -0.15) is 0 Å². The molecule has 0 unspecified atom stereocenters. The third kappa shape index (κ3) is 4.92. The van der Waals surface area contributed by atoms with Gasteiger partial charge in [-0.1, -0.05) is 29.8 Å². The monoisotopic (exact) mass is 450 g/mol. The van der Waals surface area contributed by atoms with Crippen LogP contribution in [0, 0.1) is 0 Å². The second-order valence-corrected chi connectivity index (χ2v) is 8.58. The number of fused-ring (bicyclic) bond motifs is 1. The van der Waals surface area contributed by atoms with E-state index in [1.54, 1.807) is 18.3 Å². The van der Waals surface area contributed by atoms with Gasteiger partial charge in [0.2, 0.25) is 5.91 Å². The minimum absolute atomic E-state index is 0.118. The number of pyridine rings is 1. The second kappa shape index (κ2) is 10.1. The van der Waals surface area contributed by atoms with Crippen molar-refractivity contribution < 1.29 is 9.59 Å². The fraction of sp³-hybridized carbons (Fsp3) is 0.320. The molecule has 6 nitrogen and oxygen atoms in total. The third-order valence-corrected chi connectivity index (χ3v) is 6.23. The molecule has 1 saturated carbocycles. The van der Waals surface area contributed by atoms with E-state index in [1.807, 2.05) is 42.5 Å². The maximum atomic E-state index is 13.1. The maximum absolute atomic E-state index is 13.1. The van der Waals surface area contributed by atoms with Crippen molar-refractivity contribution in [3.05, 3.63) is 71.4 Å². The van der Waals surface area contributed by atoms with E-state index in [-0.39, 0.29) is 36.9 Å². The maximum Gasteiger partial charge on any atom is 0.260 e. The molecular formula is C25H27ClN4O2. The highest BCUT2D eigenvalue weighted by Crippen LogP contribution is 2.30. The number of amides is 2. The van der Waals surface area contributed by atoms with Gasteiger partial charge in [0.1, 0.15) is 0 Å². The molecule has 0 bridgehead atoms. The molecule has 1 aliphatic carbocycles. The van der Waals surface area contributed by atoms with Gasteiger partial charge in [0.05, 0.1) is 5.52 Å². The van der Waals surface area contributed by atoms with Gasteiger partial charge in [-0.15, -0.1) is 0 Å². The molecule has 3 aromatic rings. The van der Waals surface area contributed by atoms with E-state index in [4.69, 9.17) is 17.3 Å². The number of aromatic nitrogens is 1. The predicted molar refractivity (Wildman–Crippen MR) is 128 cm³/mol. The molecule has 4 rings (SSSR count). The van der Waals surface area contributed by atoms with Crippen molar-refractivity contribution in [1.29, 1.82) is 0 Å². The molecule has 1 heterocycles. The number of anilines is 1. The number of nitrogens with one attached hydrogen (secondary N) is 1. The molecule has 1 aliphatic rings. The van der Waals surface area contributed by atoms with E-state index >= 15 is 0 Å². The minimum Gasteiger partial charge on any atom is -0.382 e. The van der Waals surface area contributed by atoms with Gasteiger partial charge in [0, 0.05) is 52.9 Å². The summed E-state index contributed by atoms with van der Waals surface area (Å²) in [4.78, 5) is 31.8. The number of hydrogen-bond acceptors (Lipinski definition) is 5. The number of carbonyl (C=O) groups is 2. The normalized spacial score (nSPS) is 18.3. The lowest BCUT2D eigenvalue weighted by Crippen LogP contribution is -2.47. The molecule has 0 spiro atoms. The highest BCUT2D eigenvalue weighted by atomic mass is 35.5. The SMILES string of the molecule is NCCC(=O)N(C(=O)c1ccccc1)C1CCC(Nc2ccnc3cc(Cl)ccc23)CC1. The van der Waals surface area contributed by atoms with Crippen LogP contribution in [0.1, 0.15) is 42.5 Å². The molecule has 166 valence electrons. The van der Waals surface area contributed by atoms with Crippen LogP contribution >= 0.6 is 11.6 Å². The van der Waals surface area contributed by atoms with Crippen LogP contribution in [0.15, 0.2) is 60.8 Å². The van der Waals surface area contributed by atoms with E-state index in [1.165, 1.54) is 4.90 Å². The summed E-state index contributed by atoms with van der Waals surface area (Å²) in [6.45, 7) is 0.230. The summed E-state index contributed by atoms with van der Waals surface area (Å²) in [5, 5.41) is 5.31. The Bertz CT molecular complexity index is 1100. The van der Waals surface area contributed by atoms with Crippen molar-refractivity contribution in [2.24, 2.45) is 5.73 Å². The summed E-state index contributed by atoms with van der Waals surface area (Å²) < 4.78 is 0. The predicted octanol–water partition coefficient (Wildman–Crippen LogP) is 4.63.